The number of rotatable bonds is 6. The normalized spacial score (nSPS) is 16.7. The van der Waals surface area contributed by atoms with Crippen LogP contribution in [0.2, 0.25) is 0 Å². The molecule has 1 aromatic carbocycles. The molecule has 0 aliphatic carbocycles. The molecule has 162 valence electrons. The molecule has 0 aromatic heterocycles. The Hall–Kier alpha value is -3.09. The van der Waals surface area contributed by atoms with Gasteiger partial charge in [0.25, 0.3) is 5.91 Å². The number of carbonyl (C=O) groups excluding carboxylic acids is 3. The molecule has 0 spiro atoms. The lowest BCUT2D eigenvalue weighted by molar-refractivity contribution is -0.142. The van der Waals surface area contributed by atoms with Gasteiger partial charge in [-0.3, -0.25) is 9.69 Å². The van der Waals surface area contributed by atoms with Gasteiger partial charge in [-0.2, -0.15) is 0 Å². The van der Waals surface area contributed by atoms with Crippen LogP contribution in [0.25, 0.3) is 0 Å². The van der Waals surface area contributed by atoms with Crippen LogP contribution in [0.15, 0.2) is 53.8 Å². The Labute approximate surface area is 177 Å². The maximum absolute atomic E-state index is 12.9. The van der Waals surface area contributed by atoms with E-state index < -0.39 is 29.6 Å². The van der Waals surface area contributed by atoms with Gasteiger partial charge in [0, 0.05) is 6.54 Å². The zero-order chi connectivity index (χ0) is 22.3. The minimum Gasteiger partial charge on any atom is -0.456 e. The average molecular weight is 415 g/mol. The number of amides is 2. The smallest absolute Gasteiger partial charge is 0.411 e. The van der Waals surface area contributed by atoms with Crippen LogP contribution >= 0.6 is 0 Å². The Morgan fingerprint density at radius 3 is 2.43 bits per heavy atom. The first kappa shape index (κ1) is 23.2. The highest BCUT2D eigenvalue weighted by molar-refractivity contribution is 5.97. The van der Waals surface area contributed by atoms with E-state index in [1.807, 2.05) is 37.3 Å². The molecular formula is C23H30N2O5. The molecule has 0 saturated carbocycles. The quantitative estimate of drug-likeness (QED) is 0.436. The van der Waals surface area contributed by atoms with E-state index in [4.69, 9.17) is 9.47 Å². The molecule has 1 heterocycles. The number of hydrogen-bond donors (Lipinski definition) is 1. The lowest BCUT2D eigenvalue weighted by Gasteiger charge is -2.28. The molecule has 1 aliphatic heterocycles. The summed E-state index contributed by atoms with van der Waals surface area (Å²) in [5.74, 6) is -1.11. The molecule has 7 nitrogen and oxygen atoms in total. The van der Waals surface area contributed by atoms with Crippen LogP contribution in [-0.4, -0.2) is 41.1 Å². The van der Waals surface area contributed by atoms with Crippen molar-refractivity contribution in [1.82, 2.24) is 10.2 Å². The summed E-state index contributed by atoms with van der Waals surface area (Å²) >= 11 is 0. The molecule has 0 bridgehead atoms. The van der Waals surface area contributed by atoms with Gasteiger partial charge in [-0.05, 0) is 45.3 Å². The standard InChI is InChI=1S/C23H30N2O5/c1-6-16(2)19(21(27)29-15-17-11-8-7-9-12-17)24-20(26)18-13-10-14-25(18)22(28)30-23(3,4)5/h7-13,18H,6,14-15H2,1-5H3,(H,24,26)/b19-16-/t18-/m0/s1. The molecule has 1 atom stereocenters. The van der Waals surface area contributed by atoms with Crippen molar-refractivity contribution in [3.05, 3.63) is 59.3 Å². The van der Waals surface area contributed by atoms with Crippen LogP contribution in [0.5, 0.6) is 0 Å². The molecule has 0 fully saturated rings. The van der Waals surface area contributed by atoms with E-state index in [1.165, 1.54) is 4.90 Å². The van der Waals surface area contributed by atoms with Crippen molar-refractivity contribution in [3.63, 3.8) is 0 Å². The highest BCUT2D eigenvalue weighted by atomic mass is 16.6. The summed E-state index contributed by atoms with van der Waals surface area (Å²) in [4.78, 5) is 39.3. The molecule has 1 aromatic rings. The summed E-state index contributed by atoms with van der Waals surface area (Å²) in [7, 11) is 0. The predicted octanol–water partition coefficient (Wildman–Crippen LogP) is 3.71. The Morgan fingerprint density at radius 1 is 1.17 bits per heavy atom. The van der Waals surface area contributed by atoms with Gasteiger partial charge in [0.05, 0.1) is 0 Å². The maximum Gasteiger partial charge on any atom is 0.411 e. The highest BCUT2D eigenvalue weighted by Gasteiger charge is 2.34. The molecule has 0 saturated heterocycles. The number of carbonyl (C=O) groups is 3. The molecule has 0 radical (unpaired) electrons. The van der Waals surface area contributed by atoms with E-state index in [-0.39, 0.29) is 18.8 Å². The van der Waals surface area contributed by atoms with Crippen LogP contribution in [0.1, 0.15) is 46.6 Å². The molecule has 0 unspecified atom stereocenters. The molecule has 2 amide bonds. The first-order valence-corrected chi connectivity index (χ1v) is 10.00. The maximum atomic E-state index is 12.9. The summed E-state index contributed by atoms with van der Waals surface area (Å²) in [5.41, 5.74) is 0.960. The van der Waals surface area contributed by atoms with Gasteiger partial charge in [-0.1, -0.05) is 49.4 Å². The Bertz CT molecular complexity index is 837. The third kappa shape index (κ3) is 6.47. The SMILES string of the molecule is CC/C(C)=C(\NC(=O)[C@@H]1C=CCN1C(=O)OC(C)(C)C)C(=O)OCc1ccccc1. The van der Waals surface area contributed by atoms with Crippen molar-refractivity contribution in [1.29, 1.82) is 0 Å². The first-order valence-electron chi connectivity index (χ1n) is 10.00. The fraction of sp³-hybridized carbons (Fsp3) is 0.435. The van der Waals surface area contributed by atoms with Gasteiger partial charge in [-0.25, -0.2) is 9.59 Å². The number of allylic oxidation sites excluding steroid dienone is 1. The number of hydrogen-bond acceptors (Lipinski definition) is 5. The highest BCUT2D eigenvalue weighted by Crippen LogP contribution is 2.18. The lowest BCUT2D eigenvalue weighted by Crippen LogP contribution is -2.48. The van der Waals surface area contributed by atoms with E-state index >= 15 is 0 Å². The number of esters is 1. The summed E-state index contributed by atoms with van der Waals surface area (Å²) < 4.78 is 10.8. The van der Waals surface area contributed by atoms with Crippen molar-refractivity contribution < 1.29 is 23.9 Å². The summed E-state index contributed by atoms with van der Waals surface area (Å²) in [6.07, 6.45) is 3.31. The van der Waals surface area contributed by atoms with E-state index in [0.29, 0.717) is 12.0 Å². The van der Waals surface area contributed by atoms with Gasteiger partial charge >= 0.3 is 12.1 Å². The van der Waals surface area contributed by atoms with Crippen molar-refractivity contribution >= 4 is 18.0 Å². The Balaban J connectivity index is 2.08. The zero-order valence-electron chi connectivity index (χ0n) is 18.2. The van der Waals surface area contributed by atoms with E-state index in [9.17, 15) is 14.4 Å². The van der Waals surface area contributed by atoms with E-state index in [0.717, 1.165) is 5.56 Å². The summed E-state index contributed by atoms with van der Waals surface area (Å²) in [6.45, 7) is 9.29. The van der Waals surface area contributed by atoms with Crippen LogP contribution in [0.3, 0.4) is 0 Å². The van der Waals surface area contributed by atoms with Crippen molar-refractivity contribution in [2.75, 3.05) is 6.54 Å². The van der Waals surface area contributed by atoms with Crippen LogP contribution in [0, 0.1) is 0 Å². The van der Waals surface area contributed by atoms with Crippen LogP contribution < -0.4 is 5.32 Å². The number of nitrogens with zero attached hydrogens (tertiary/aromatic N) is 1. The van der Waals surface area contributed by atoms with Crippen molar-refractivity contribution in [2.24, 2.45) is 0 Å². The fourth-order valence-electron chi connectivity index (χ4n) is 2.76. The monoisotopic (exact) mass is 414 g/mol. The van der Waals surface area contributed by atoms with E-state index in [2.05, 4.69) is 5.32 Å². The van der Waals surface area contributed by atoms with Gasteiger partial charge in [0.15, 0.2) is 0 Å². The lowest BCUT2D eigenvalue weighted by atomic mass is 10.1. The van der Waals surface area contributed by atoms with Gasteiger partial charge in [0.1, 0.15) is 23.9 Å². The zero-order valence-corrected chi connectivity index (χ0v) is 18.2. The number of nitrogens with one attached hydrogen (secondary N) is 1. The van der Waals surface area contributed by atoms with Crippen LogP contribution in [-0.2, 0) is 25.7 Å². The summed E-state index contributed by atoms with van der Waals surface area (Å²) in [6, 6.07) is 8.44. The van der Waals surface area contributed by atoms with Gasteiger partial charge in [0.2, 0.25) is 0 Å². The van der Waals surface area contributed by atoms with E-state index in [1.54, 1.807) is 39.8 Å². The molecule has 2 rings (SSSR count). The van der Waals surface area contributed by atoms with Gasteiger partial charge in [-0.15, -0.1) is 0 Å². The number of ether oxygens (including phenoxy) is 2. The fourth-order valence-corrected chi connectivity index (χ4v) is 2.76. The first-order chi connectivity index (χ1) is 14.1. The van der Waals surface area contributed by atoms with Crippen molar-refractivity contribution in [2.45, 2.75) is 59.3 Å². The topological polar surface area (TPSA) is 84.9 Å². The molecular weight excluding hydrogens is 384 g/mol. The number of benzene rings is 1. The minimum absolute atomic E-state index is 0.0999. The minimum atomic E-state index is -0.860. The third-order valence-electron chi connectivity index (χ3n) is 4.48. The second kappa shape index (κ2) is 10.1. The van der Waals surface area contributed by atoms with Crippen molar-refractivity contribution in [3.8, 4) is 0 Å². The second-order valence-electron chi connectivity index (χ2n) is 8.07. The Morgan fingerprint density at radius 2 is 1.83 bits per heavy atom. The second-order valence-corrected chi connectivity index (χ2v) is 8.07. The Kier molecular flexibility index (Phi) is 7.80. The van der Waals surface area contributed by atoms with Crippen LogP contribution in [0.4, 0.5) is 4.79 Å². The molecule has 1 N–H and O–H groups in total. The predicted molar refractivity (Wildman–Crippen MR) is 113 cm³/mol. The largest absolute Gasteiger partial charge is 0.456 e. The molecule has 7 heteroatoms. The molecule has 30 heavy (non-hydrogen) atoms. The molecule has 1 aliphatic rings. The average Bonchev–Trinajstić information content (AvgIpc) is 3.19. The van der Waals surface area contributed by atoms with Gasteiger partial charge < -0.3 is 14.8 Å². The summed E-state index contributed by atoms with van der Waals surface area (Å²) in [5, 5.41) is 2.66. The third-order valence-corrected chi connectivity index (χ3v) is 4.48.